The minimum atomic E-state index is 0.141. The van der Waals surface area contributed by atoms with Crippen LogP contribution >= 0.6 is 0 Å². The summed E-state index contributed by atoms with van der Waals surface area (Å²) < 4.78 is 5.68. The third-order valence-corrected chi connectivity index (χ3v) is 4.36. The van der Waals surface area contributed by atoms with E-state index < -0.39 is 0 Å². The zero-order valence-corrected chi connectivity index (χ0v) is 13.7. The molecule has 0 N–H and O–H groups in total. The number of pyridine rings is 1. The first-order valence-corrected chi connectivity index (χ1v) is 8.32. The van der Waals surface area contributed by atoms with E-state index in [1.165, 1.54) is 5.56 Å². The van der Waals surface area contributed by atoms with Crippen LogP contribution in [-0.4, -0.2) is 32.5 Å². The molecule has 0 radical (unpaired) electrons. The summed E-state index contributed by atoms with van der Waals surface area (Å²) in [6.45, 7) is 1.08. The molecular weight excluding hydrogens is 316 g/mol. The molecule has 126 valence electrons. The monoisotopic (exact) mass is 334 g/mol. The van der Waals surface area contributed by atoms with E-state index >= 15 is 0 Å². The first kappa shape index (κ1) is 15.5. The van der Waals surface area contributed by atoms with Crippen LogP contribution in [-0.2, 0) is 17.8 Å². The van der Waals surface area contributed by atoms with E-state index in [1.807, 2.05) is 30.3 Å². The molecule has 1 aliphatic rings. The van der Waals surface area contributed by atoms with Gasteiger partial charge < -0.3 is 9.32 Å². The highest BCUT2D eigenvalue weighted by atomic mass is 16.4. The number of carbonyl (C=O) groups is 1. The van der Waals surface area contributed by atoms with Crippen LogP contribution in [0.15, 0.2) is 59.3 Å². The summed E-state index contributed by atoms with van der Waals surface area (Å²) in [5.74, 6) is 1.35. The van der Waals surface area contributed by atoms with Gasteiger partial charge in [-0.2, -0.15) is 0 Å². The molecule has 25 heavy (non-hydrogen) atoms. The average molecular weight is 334 g/mol. The molecule has 0 unspecified atom stereocenters. The molecule has 1 fully saturated rings. The van der Waals surface area contributed by atoms with Crippen LogP contribution in [0.3, 0.4) is 0 Å². The second-order valence-electron chi connectivity index (χ2n) is 6.28. The van der Waals surface area contributed by atoms with Crippen molar-refractivity contribution in [3.05, 3.63) is 66.3 Å². The van der Waals surface area contributed by atoms with Crippen molar-refractivity contribution in [2.45, 2.75) is 19.4 Å². The Bertz CT molecular complexity index is 848. The summed E-state index contributed by atoms with van der Waals surface area (Å²) >= 11 is 0. The lowest BCUT2D eigenvalue weighted by molar-refractivity contribution is -0.128. The van der Waals surface area contributed by atoms with Gasteiger partial charge in [-0.25, -0.2) is 0 Å². The average Bonchev–Trinajstić information content (AvgIpc) is 3.24. The van der Waals surface area contributed by atoms with Crippen molar-refractivity contribution in [3.8, 4) is 11.5 Å². The molecule has 2 aromatic heterocycles. The molecule has 0 saturated carbocycles. The van der Waals surface area contributed by atoms with Crippen molar-refractivity contribution in [1.82, 2.24) is 20.1 Å². The Morgan fingerprint density at radius 1 is 1.12 bits per heavy atom. The van der Waals surface area contributed by atoms with Crippen molar-refractivity contribution in [2.75, 3.05) is 6.54 Å². The molecule has 1 atom stereocenters. The van der Waals surface area contributed by atoms with Gasteiger partial charge in [0.15, 0.2) is 0 Å². The molecular formula is C19H18N4O2. The first-order chi connectivity index (χ1) is 12.3. The summed E-state index contributed by atoms with van der Waals surface area (Å²) in [6, 6.07) is 13.9. The van der Waals surface area contributed by atoms with Gasteiger partial charge in [0.2, 0.25) is 17.7 Å². The van der Waals surface area contributed by atoms with E-state index in [9.17, 15) is 4.79 Å². The van der Waals surface area contributed by atoms with Gasteiger partial charge in [-0.1, -0.05) is 30.3 Å². The van der Waals surface area contributed by atoms with Crippen molar-refractivity contribution >= 4 is 5.91 Å². The Hall–Kier alpha value is -3.02. The molecule has 1 saturated heterocycles. The maximum Gasteiger partial charge on any atom is 0.249 e. The summed E-state index contributed by atoms with van der Waals surface area (Å²) in [7, 11) is 0. The molecule has 1 amide bonds. The highest BCUT2D eigenvalue weighted by Crippen LogP contribution is 2.24. The van der Waals surface area contributed by atoms with Crippen molar-refractivity contribution in [2.24, 2.45) is 5.92 Å². The third-order valence-electron chi connectivity index (χ3n) is 4.36. The molecule has 0 spiro atoms. The lowest BCUT2D eigenvalue weighted by Gasteiger charge is -2.14. The molecule has 3 heterocycles. The third kappa shape index (κ3) is 3.57. The van der Waals surface area contributed by atoms with Crippen LogP contribution in [0.1, 0.15) is 17.9 Å². The smallest absolute Gasteiger partial charge is 0.249 e. The second-order valence-corrected chi connectivity index (χ2v) is 6.28. The van der Waals surface area contributed by atoms with Gasteiger partial charge in [0.25, 0.3) is 0 Å². The number of hydrogen-bond acceptors (Lipinski definition) is 5. The van der Waals surface area contributed by atoms with Crippen LogP contribution in [0.5, 0.6) is 0 Å². The maximum atomic E-state index is 12.3. The largest absolute Gasteiger partial charge is 0.419 e. The van der Waals surface area contributed by atoms with E-state index in [2.05, 4.69) is 27.3 Å². The van der Waals surface area contributed by atoms with Gasteiger partial charge in [-0.05, 0) is 30.0 Å². The number of nitrogens with zero attached hydrogens (tertiary/aromatic N) is 4. The Balaban J connectivity index is 1.40. The SMILES string of the molecule is O=C1C[C@H](Cc2ccccc2)CN1Cc1nnc(-c2cccnc2)o1. The number of hydrogen-bond donors (Lipinski definition) is 0. The van der Waals surface area contributed by atoms with Gasteiger partial charge in [-0.3, -0.25) is 9.78 Å². The van der Waals surface area contributed by atoms with E-state index in [0.29, 0.717) is 30.7 Å². The van der Waals surface area contributed by atoms with E-state index in [-0.39, 0.29) is 5.91 Å². The standard InChI is InChI=1S/C19H18N4O2/c24-18-10-15(9-14-5-2-1-3-6-14)12-23(18)13-17-21-22-19(25-17)16-7-4-8-20-11-16/h1-8,11,15H,9-10,12-13H2/t15-/m0/s1. The van der Waals surface area contributed by atoms with Gasteiger partial charge in [0.05, 0.1) is 12.1 Å². The van der Waals surface area contributed by atoms with E-state index in [1.54, 1.807) is 17.3 Å². The minimum absolute atomic E-state index is 0.141. The van der Waals surface area contributed by atoms with Crippen molar-refractivity contribution in [3.63, 3.8) is 0 Å². The van der Waals surface area contributed by atoms with Crippen LogP contribution in [0.2, 0.25) is 0 Å². The van der Waals surface area contributed by atoms with Gasteiger partial charge >= 0.3 is 0 Å². The highest BCUT2D eigenvalue weighted by Gasteiger charge is 2.30. The molecule has 1 aliphatic heterocycles. The number of carbonyl (C=O) groups excluding carboxylic acids is 1. The fourth-order valence-corrected chi connectivity index (χ4v) is 3.18. The molecule has 4 rings (SSSR count). The number of aromatic nitrogens is 3. The van der Waals surface area contributed by atoms with Crippen LogP contribution in [0, 0.1) is 5.92 Å². The predicted octanol–water partition coefficient (Wildman–Crippen LogP) is 2.72. The summed E-state index contributed by atoms with van der Waals surface area (Å²) in [4.78, 5) is 18.1. The zero-order chi connectivity index (χ0) is 17.1. The zero-order valence-electron chi connectivity index (χ0n) is 13.7. The minimum Gasteiger partial charge on any atom is -0.419 e. The Morgan fingerprint density at radius 2 is 2.00 bits per heavy atom. The lowest BCUT2D eigenvalue weighted by atomic mass is 9.99. The van der Waals surface area contributed by atoms with Crippen LogP contribution in [0.4, 0.5) is 0 Å². The van der Waals surface area contributed by atoms with Crippen LogP contribution < -0.4 is 0 Å². The molecule has 3 aromatic rings. The van der Waals surface area contributed by atoms with E-state index in [4.69, 9.17) is 4.42 Å². The second kappa shape index (κ2) is 6.84. The lowest BCUT2D eigenvalue weighted by Crippen LogP contribution is -2.25. The van der Waals surface area contributed by atoms with Crippen molar-refractivity contribution < 1.29 is 9.21 Å². The number of amides is 1. The summed E-state index contributed by atoms with van der Waals surface area (Å²) in [6.07, 6.45) is 4.84. The maximum absolute atomic E-state index is 12.3. The molecule has 6 nitrogen and oxygen atoms in total. The quantitative estimate of drug-likeness (QED) is 0.717. The predicted molar refractivity (Wildman–Crippen MR) is 91.2 cm³/mol. The Kier molecular flexibility index (Phi) is 4.24. The van der Waals surface area contributed by atoms with Gasteiger partial charge in [0, 0.05) is 25.4 Å². The Labute approximate surface area is 145 Å². The summed E-state index contributed by atoms with van der Waals surface area (Å²) in [5.41, 5.74) is 2.04. The molecule has 6 heteroatoms. The highest BCUT2D eigenvalue weighted by molar-refractivity contribution is 5.78. The van der Waals surface area contributed by atoms with E-state index in [0.717, 1.165) is 18.5 Å². The fraction of sp³-hybridized carbons (Fsp3) is 0.263. The summed E-state index contributed by atoms with van der Waals surface area (Å²) in [5, 5.41) is 8.11. The first-order valence-electron chi connectivity index (χ1n) is 8.32. The number of benzene rings is 1. The number of likely N-dealkylation sites (tertiary alicyclic amines) is 1. The van der Waals surface area contributed by atoms with Crippen LogP contribution in [0.25, 0.3) is 11.5 Å². The molecule has 0 aliphatic carbocycles. The Morgan fingerprint density at radius 3 is 2.80 bits per heavy atom. The van der Waals surface area contributed by atoms with Crippen molar-refractivity contribution in [1.29, 1.82) is 0 Å². The van der Waals surface area contributed by atoms with Gasteiger partial charge in [0.1, 0.15) is 0 Å². The fourth-order valence-electron chi connectivity index (χ4n) is 3.18. The number of rotatable bonds is 5. The normalized spacial score (nSPS) is 17.2. The topological polar surface area (TPSA) is 72.1 Å². The van der Waals surface area contributed by atoms with Gasteiger partial charge in [-0.15, -0.1) is 10.2 Å². The molecule has 1 aromatic carbocycles. The molecule has 0 bridgehead atoms.